The van der Waals surface area contributed by atoms with Gasteiger partial charge in [-0.25, -0.2) is 4.79 Å². The van der Waals surface area contributed by atoms with Crippen LogP contribution < -0.4 is 10.4 Å². The second-order valence-corrected chi connectivity index (χ2v) is 4.94. The molecule has 1 aromatic heterocycles. The van der Waals surface area contributed by atoms with Gasteiger partial charge in [0.25, 0.3) is 0 Å². The first-order chi connectivity index (χ1) is 10.6. The average Bonchev–Trinajstić information content (AvgIpc) is 2.51. The van der Waals surface area contributed by atoms with E-state index in [0.717, 1.165) is 5.56 Å². The van der Waals surface area contributed by atoms with Crippen molar-refractivity contribution in [2.24, 2.45) is 0 Å². The van der Waals surface area contributed by atoms with E-state index in [1.54, 1.807) is 36.4 Å². The van der Waals surface area contributed by atoms with E-state index in [9.17, 15) is 15.0 Å². The lowest BCUT2D eigenvalue weighted by Crippen LogP contribution is -2.08. The fraction of sp³-hybridized carbons (Fsp3) is 0.118. The SMILES string of the molecule is COc1c(O)ccc2cc(Cc3ccc(O)cc3)c(=O)oc12. The van der Waals surface area contributed by atoms with E-state index in [2.05, 4.69) is 0 Å². The van der Waals surface area contributed by atoms with Crippen LogP contribution >= 0.6 is 0 Å². The summed E-state index contributed by atoms with van der Waals surface area (Å²) in [5.74, 6) is 0.240. The molecule has 0 spiro atoms. The monoisotopic (exact) mass is 298 g/mol. The van der Waals surface area contributed by atoms with Crippen LogP contribution in [-0.2, 0) is 6.42 Å². The van der Waals surface area contributed by atoms with Crippen molar-refractivity contribution in [1.82, 2.24) is 0 Å². The lowest BCUT2D eigenvalue weighted by molar-refractivity contribution is 0.368. The summed E-state index contributed by atoms with van der Waals surface area (Å²) in [6.45, 7) is 0. The molecular formula is C17H14O5. The molecule has 22 heavy (non-hydrogen) atoms. The lowest BCUT2D eigenvalue weighted by atomic mass is 10.0. The number of phenols is 2. The van der Waals surface area contributed by atoms with Crippen LogP contribution in [0, 0.1) is 0 Å². The standard InChI is InChI=1S/C17H14O5/c1-21-16-14(19)7-4-11-9-12(17(20)22-15(11)16)8-10-2-5-13(18)6-3-10/h2-7,9,18-19H,8H2,1H3. The highest BCUT2D eigenvalue weighted by Gasteiger charge is 2.13. The summed E-state index contributed by atoms with van der Waals surface area (Å²) in [4.78, 5) is 12.1. The molecule has 0 amide bonds. The second-order valence-electron chi connectivity index (χ2n) is 4.94. The highest BCUT2D eigenvalue weighted by molar-refractivity contribution is 5.85. The fourth-order valence-corrected chi connectivity index (χ4v) is 2.35. The number of benzene rings is 2. The Hall–Kier alpha value is -2.95. The third kappa shape index (κ3) is 2.48. The molecule has 1 heterocycles. The third-order valence-electron chi connectivity index (χ3n) is 3.44. The van der Waals surface area contributed by atoms with Crippen LogP contribution in [0.25, 0.3) is 11.0 Å². The lowest BCUT2D eigenvalue weighted by Gasteiger charge is -2.07. The summed E-state index contributed by atoms with van der Waals surface area (Å²) in [5.41, 5.74) is 1.12. The van der Waals surface area contributed by atoms with Crippen molar-refractivity contribution in [2.75, 3.05) is 7.11 Å². The minimum absolute atomic E-state index is 0.0792. The third-order valence-corrected chi connectivity index (χ3v) is 3.44. The molecule has 0 saturated heterocycles. The number of hydrogen-bond acceptors (Lipinski definition) is 5. The molecule has 0 unspecified atom stereocenters. The van der Waals surface area contributed by atoms with Gasteiger partial charge in [-0.1, -0.05) is 12.1 Å². The maximum atomic E-state index is 12.1. The van der Waals surface area contributed by atoms with Crippen LogP contribution in [0.3, 0.4) is 0 Å². The Kier molecular flexibility index (Phi) is 3.47. The van der Waals surface area contributed by atoms with Gasteiger partial charge in [0, 0.05) is 17.4 Å². The van der Waals surface area contributed by atoms with Gasteiger partial charge in [-0.3, -0.25) is 0 Å². The van der Waals surface area contributed by atoms with Gasteiger partial charge in [-0.2, -0.15) is 0 Å². The Bertz CT molecular complexity index is 878. The van der Waals surface area contributed by atoms with Gasteiger partial charge in [0.2, 0.25) is 5.75 Å². The highest BCUT2D eigenvalue weighted by atomic mass is 16.5. The number of hydrogen-bond donors (Lipinski definition) is 2. The molecule has 5 nitrogen and oxygen atoms in total. The molecule has 2 N–H and O–H groups in total. The molecule has 0 aliphatic heterocycles. The van der Waals surface area contributed by atoms with Gasteiger partial charge in [0.05, 0.1) is 7.11 Å². The molecule has 0 aliphatic carbocycles. The van der Waals surface area contributed by atoms with Gasteiger partial charge < -0.3 is 19.4 Å². The van der Waals surface area contributed by atoms with E-state index in [1.165, 1.54) is 13.2 Å². The van der Waals surface area contributed by atoms with Gasteiger partial charge >= 0.3 is 5.63 Å². The number of phenolic OH excluding ortho intramolecular Hbond substituents is 2. The molecule has 0 radical (unpaired) electrons. The average molecular weight is 298 g/mol. The van der Waals surface area contributed by atoms with Crippen LogP contribution in [0.15, 0.2) is 51.7 Å². The van der Waals surface area contributed by atoms with E-state index in [0.29, 0.717) is 17.4 Å². The van der Waals surface area contributed by atoms with Gasteiger partial charge in [0.15, 0.2) is 11.3 Å². The van der Waals surface area contributed by atoms with E-state index < -0.39 is 5.63 Å². The minimum atomic E-state index is -0.482. The second kappa shape index (κ2) is 5.44. The summed E-state index contributed by atoms with van der Waals surface area (Å²) in [6.07, 6.45) is 0.391. The zero-order valence-corrected chi connectivity index (χ0v) is 11.9. The summed E-state index contributed by atoms with van der Waals surface area (Å²) in [6, 6.07) is 11.5. The number of aromatic hydroxyl groups is 2. The largest absolute Gasteiger partial charge is 0.508 e. The van der Waals surface area contributed by atoms with E-state index in [-0.39, 0.29) is 22.8 Å². The van der Waals surface area contributed by atoms with Crippen LogP contribution in [0.1, 0.15) is 11.1 Å². The first kappa shape index (κ1) is 14.0. The maximum absolute atomic E-state index is 12.1. The molecule has 0 saturated carbocycles. The van der Waals surface area contributed by atoms with Crippen molar-refractivity contribution in [3.05, 3.63) is 64.0 Å². The van der Waals surface area contributed by atoms with E-state index in [4.69, 9.17) is 9.15 Å². The Labute approximate surface area is 126 Å². The van der Waals surface area contributed by atoms with E-state index >= 15 is 0 Å². The predicted molar refractivity (Wildman–Crippen MR) is 81.6 cm³/mol. The molecule has 0 bridgehead atoms. The van der Waals surface area contributed by atoms with Crippen molar-refractivity contribution in [1.29, 1.82) is 0 Å². The Morgan fingerprint density at radius 2 is 1.82 bits per heavy atom. The van der Waals surface area contributed by atoms with Gasteiger partial charge in [-0.05, 0) is 35.9 Å². The van der Waals surface area contributed by atoms with Crippen LogP contribution in [0.4, 0.5) is 0 Å². The molecule has 0 fully saturated rings. The van der Waals surface area contributed by atoms with Gasteiger partial charge in [0.1, 0.15) is 5.75 Å². The van der Waals surface area contributed by atoms with E-state index in [1.807, 2.05) is 0 Å². The predicted octanol–water partition coefficient (Wildman–Crippen LogP) is 2.80. The topological polar surface area (TPSA) is 79.9 Å². The van der Waals surface area contributed by atoms with Crippen molar-refractivity contribution in [2.45, 2.75) is 6.42 Å². The first-order valence-electron chi connectivity index (χ1n) is 6.69. The first-order valence-corrected chi connectivity index (χ1v) is 6.69. The number of methoxy groups -OCH3 is 1. The summed E-state index contributed by atoms with van der Waals surface area (Å²) < 4.78 is 10.4. The molecule has 3 rings (SSSR count). The van der Waals surface area contributed by atoms with Crippen molar-refractivity contribution in [3.8, 4) is 17.2 Å². The minimum Gasteiger partial charge on any atom is -0.508 e. The molecule has 3 aromatic rings. The quantitative estimate of drug-likeness (QED) is 0.727. The smallest absolute Gasteiger partial charge is 0.339 e. The number of fused-ring (bicyclic) bond motifs is 1. The molecule has 112 valence electrons. The molecule has 2 aromatic carbocycles. The number of ether oxygens (including phenoxy) is 1. The normalized spacial score (nSPS) is 10.8. The fourth-order valence-electron chi connectivity index (χ4n) is 2.35. The Balaban J connectivity index is 2.08. The molecular weight excluding hydrogens is 284 g/mol. The van der Waals surface area contributed by atoms with Crippen molar-refractivity contribution < 1.29 is 19.4 Å². The zero-order chi connectivity index (χ0) is 15.7. The molecule has 5 heteroatoms. The van der Waals surface area contributed by atoms with Crippen molar-refractivity contribution in [3.63, 3.8) is 0 Å². The summed E-state index contributed by atoms with van der Waals surface area (Å²) in [5, 5.41) is 19.7. The van der Waals surface area contributed by atoms with Gasteiger partial charge in [-0.15, -0.1) is 0 Å². The Morgan fingerprint density at radius 1 is 1.09 bits per heavy atom. The van der Waals surface area contributed by atoms with Crippen LogP contribution in [0.2, 0.25) is 0 Å². The zero-order valence-electron chi connectivity index (χ0n) is 11.9. The maximum Gasteiger partial charge on any atom is 0.339 e. The van der Waals surface area contributed by atoms with Crippen LogP contribution in [0.5, 0.6) is 17.2 Å². The number of rotatable bonds is 3. The highest BCUT2D eigenvalue weighted by Crippen LogP contribution is 2.34. The van der Waals surface area contributed by atoms with Crippen molar-refractivity contribution >= 4 is 11.0 Å². The Morgan fingerprint density at radius 3 is 2.50 bits per heavy atom. The molecule has 0 atom stereocenters. The summed E-state index contributed by atoms with van der Waals surface area (Å²) >= 11 is 0. The summed E-state index contributed by atoms with van der Waals surface area (Å²) in [7, 11) is 1.40. The molecule has 0 aliphatic rings. The van der Waals surface area contributed by atoms with Crippen LogP contribution in [-0.4, -0.2) is 17.3 Å².